The molecule has 0 unspecified atom stereocenters. The number of hydrogen-bond donors (Lipinski definition) is 1. The average Bonchev–Trinajstić information content (AvgIpc) is 2.63. The molecule has 0 bridgehead atoms. The van der Waals surface area contributed by atoms with Crippen molar-refractivity contribution in [2.24, 2.45) is 0 Å². The lowest BCUT2D eigenvalue weighted by atomic mass is 10.1. The highest BCUT2D eigenvalue weighted by molar-refractivity contribution is 7.89. The molecule has 0 aromatic heterocycles. The summed E-state index contributed by atoms with van der Waals surface area (Å²) in [5, 5.41) is 0. The molecular formula is C17H27N2O4S+. The van der Waals surface area contributed by atoms with Gasteiger partial charge >= 0.3 is 0 Å². The molecule has 1 aromatic carbocycles. The summed E-state index contributed by atoms with van der Waals surface area (Å²) in [5.41, 5.74) is 0. The Labute approximate surface area is 144 Å². The summed E-state index contributed by atoms with van der Waals surface area (Å²) in [7, 11) is -1.84. The highest BCUT2D eigenvalue weighted by Crippen LogP contribution is 2.19. The Balaban J connectivity index is 1.56. The van der Waals surface area contributed by atoms with E-state index in [0.717, 1.165) is 32.7 Å². The zero-order chi connectivity index (χ0) is 17.0. The van der Waals surface area contributed by atoms with E-state index in [1.54, 1.807) is 35.7 Å². The van der Waals surface area contributed by atoms with Crippen LogP contribution in [-0.4, -0.2) is 65.3 Å². The van der Waals surface area contributed by atoms with Gasteiger partial charge < -0.3 is 14.4 Å². The molecule has 6 nitrogen and oxygen atoms in total. The Morgan fingerprint density at radius 2 is 1.92 bits per heavy atom. The molecule has 0 saturated carbocycles. The van der Waals surface area contributed by atoms with Gasteiger partial charge in [0.2, 0.25) is 10.0 Å². The zero-order valence-corrected chi connectivity index (χ0v) is 15.1. The molecule has 1 N–H and O–H groups in total. The van der Waals surface area contributed by atoms with Crippen LogP contribution in [0.4, 0.5) is 0 Å². The number of nitrogens with zero attached hydrogens (tertiary/aromatic N) is 1. The predicted octanol–water partition coefficient (Wildman–Crippen LogP) is 0.154. The Morgan fingerprint density at radius 1 is 1.21 bits per heavy atom. The molecule has 0 spiro atoms. The molecule has 3 rings (SSSR count). The van der Waals surface area contributed by atoms with E-state index >= 15 is 0 Å². The first-order chi connectivity index (χ1) is 11.6. The highest BCUT2D eigenvalue weighted by atomic mass is 32.2. The zero-order valence-electron chi connectivity index (χ0n) is 14.2. The van der Waals surface area contributed by atoms with Crippen molar-refractivity contribution in [2.75, 3.05) is 46.4 Å². The summed E-state index contributed by atoms with van der Waals surface area (Å²) < 4.78 is 38.0. The van der Waals surface area contributed by atoms with Crippen LogP contribution in [0.3, 0.4) is 0 Å². The molecule has 2 heterocycles. The minimum Gasteiger partial charge on any atom is -0.497 e. The van der Waals surface area contributed by atoms with Gasteiger partial charge in [-0.2, -0.15) is 4.31 Å². The summed E-state index contributed by atoms with van der Waals surface area (Å²) in [6.07, 6.45) is 3.89. The van der Waals surface area contributed by atoms with Crippen molar-refractivity contribution in [1.82, 2.24) is 4.31 Å². The van der Waals surface area contributed by atoms with E-state index in [2.05, 4.69) is 0 Å². The third kappa shape index (κ3) is 4.08. The van der Waals surface area contributed by atoms with Crippen molar-refractivity contribution < 1.29 is 22.8 Å². The monoisotopic (exact) mass is 355 g/mol. The standard InChI is InChI=1S/C17H26N2O4S/c1-22-15-5-7-17(8-6-15)24(20,21)19-11-9-18(10-12-19)14-16-4-2-3-13-23-16/h5-8,16H,2-4,9-14H2,1H3/p+1/t16-/m1/s1. The van der Waals surface area contributed by atoms with Crippen molar-refractivity contribution >= 4 is 10.0 Å². The molecule has 7 heteroatoms. The highest BCUT2D eigenvalue weighted by Gasteiger charge is 2.31. The second-order valence-electron chi connectivity index (χ2n) is 6.52. The van der Waals surface area contributed by atoms with Crippen LogP contribution >= 0.6 is 0 Å². The molecule has 24 heavy (non-hydrogen) atoms. The number of quaternary nitrogens is 1. The van der Waals surface area contributed by atoms with Crippen molar-refractivity contribution in [1.29, 1.82) is 0 Å². The van der Waals surface area contributed by atoms with Gasteiger partial charge in [0, 0.05) is 6.61 Å². The Morgan fingerprint density at radius 3 is 2.50 bits per heavy atom. The minimum atomic E-state index is -3.41. The molecule has 134 valence electrons. The van der Waals surface area contributed by atoms with Crippen LogP contribution in [0, 0.1) is 0 Å². The van der Waals surface area contributed by atoms with Crippen molar-refractivity contribution in [3.8, 4) is 5.75 Å². The van der Waals surface area contributed by atoms with Gasteiger partial charge in [0.05, 0.1) is 38.2 Å². The molecular weight excluding hydrogens is 328 g/mol. The van der Waals surface area contributed by atoms with Crippen LogP contribution in [0.2, 0.25) is 0 Å². The fourth-order valence-corrected chi connectivity index (χ4v) is 4.88. The SMILES string of the molecule is COc1ccc(S(=O)(=O)N2CC[NH+](C[C@H]3CCCCO3)CC2)cc1. The molecule has 1 aromatic rings. The second-order valence-corrected chi connectivity index (χ2v) is 8.46. The maximum absolute atomic E-state index is 12.7. The summed E-state index contributed by atoms with van der Waals surface area (Å²) in [6, 6.07) is 6.61. The minimum absolute atomic E-state index is 0.336. The molecule has 0 amide bonds. The van der Waals surface area contributed by atoms with Gasteiger partial charge in [-0.15, -0.1) is 0 Å². The third-order valence-corrected chi connectivity index (χ3v) is 6.83. The first kappa shape index (κ1) is 17.7. The number of piperazine rings is 1. The van der Waals surface area contributed by atoms with E-state index in [9.17, 15) is 8.42 Å². The number of sulfonamides is 1. The van der Waals surface area contributed by atoms with Gasteiger partial charge in [0.1, 0.15) is 18.4 Å². The molecule has 0 radical (unpaired) electrons. The quantitative estimate of drug-likeness (QED) is 0.817. The van der Waals surface area contributed by atoms with E-state index in [1.807, 2.05) is 0 Å². The van der Waals surface area contributed by atoms with Gasteiger partial charge in [-0.3, -0.25) is 0 Å². The maximum Gasteiger partial charge on any atom is 0.243 e. The number of methoxy groups -OCH3 is 1. The molecule has 2 fully saturated rings. The lowest BCUT2D eigenvalue weighted by molar-refractivity contribution is -0.907. The predicted molar refractivity (Wildman–Crippen MR) is 90.9 cm³/mol. The maximum atomic E-state index is 12.7. The van der Waals surface area contributed by atoms with Crippen LogP contribution < -0.4 is 9.64 Å². The number of benzene rings is 1. The first-order valence-corrected chi connectivity index (χ1v) is 10.1. The van der Waals surface area contributed by atoms with Gasteiger partial charge in [-0.05, 0) is 43.5 Å². The Bertz CT molecular complexity index is 618. The number of hydrogen-bond acceptors (Lipinski definition) is 4. The van der Waals surface area contributed by atoms with Gasteiger partial charge in [0.25, 0.3) is 0 Å². The lowest BCUT2D eigenvalue weighted by Gasteiger charge is -2.34. The topological polar surface area (TPSA) is 60.3 Å². The third-order valence-electron chi connectivity index (χ3n) is 4.92. The van der Waals surface area contributed by atoms with Crippen LogP contribution in [0.5, 0.6) is 5.75 Å². The Hall–Kier alpha value is -1.15. The van der Waals surface area contributed by atoms with Crippen molar-refractivity contribution in [2.45, 2.75) is 30.3 Å². The van der Waals surface area contributed by atoms with E-state index in [0.29, 0.717) is 29.8 Å². The lowest BCUT2D eigenvalue weighted by Crippen LogP contribution is -3.15. The molecule has 2 aliphatic heterocycles. The summed E-state index contributed by atoms with van der Waals surface area (Å²) in [5.74, 6) is 0.663. The normalized spacial score (nSPS) is 24.0. The second kappa shape index (κ2) is 7.82. The van der Waals surface area contributed by atoms with Crippen LogP contribution in [0.1, 0.15) is 19.3 Å². The van der Waals surface area contributed by atoms with Gasteiger partial charge in [-0.25, -0.2) is 8.42 Å². The summed E-state index contributed by atoms with van der Waals surface area (Å²) >= 11 is 0. The van der Waals surface area contributed by atoms with Crippen molar-refractivity contribution in [3.63, 3.8) is 0 Å². The Kier molecular flexibility index (Phi) is 5.76. The molecule has 2 aliphatic rings. The fourth-order valence-electron chi connectivity index (χ4n) is 3.43. The smallest absolute Gasteiger partial charge is 0.243 e. The van der Waals surface area contributed by atoms with Crippen LogP contribution in [0.25, 0.3) is 0 Å². The number of rotatable bonds is 5. The average molecular weight is 355 g/mol. The van der Waals surface area contributed by atoms with E-state index < -0.39 is 10.0 Å². The number of ether oxygens (including phenoxy) is 2. The summed E-state index contributed by atoms with van der Waals surface area (Å²) in [6.45, 7) is 4.68. The van der Waals surface area contributed by atoms with Gasteiger partial charge in [-0.1, -0.05) is 0 Å². The van der Waals surface area contributed by atoms with Crippen molar-refractivity contribution in [3.05, 3.63) is 24.3 Å². The van der Waals surface area contributed by atoms with E-state index in [1.165, 1.54) is 17.7 Å². The van der Waals surface area contributed by atoms with Crippen LogP contribution in [0.15, 0.2) is 29.2 Å². The van der Waals surface area contributed by atoms with E-state index in [-0.39, 0.29) is 0 Å². The number of nitrogens with one attached hydrogen (secondary N) is 1. The van der Waals surface area contributed by atoms with E-state index in [4.69, 9.17) is 9.47 Å². The van der Waals surface area contributed by atoms with Crippen LogP contribution in [-0.2, 0) is 14.8 Å². The van der Waals surface area contributed by atoms with Gasteiger partial charge in [0.15, 0.2) is 0 Å². The molecule has 1 atom stereocenters. The first-order valence-electron chi connectivity index (χ1n) is 8.69. The summed E-state index contributed by atoms with van der Waals surface area (Å²) in [4.78, 5) is 1.78. The molecule has 2 saturated heterocycles. The fraction of sp³-hybridized carbons (Fsp3) is 0.647. The largest absolute Gasteiger partial charge is 0.497 e. The molecule has 0 aliphatic carbocycles.